The van der Waals surface area contributed by atoms with Crippen LogP contribution in [0.2, 0.25) is 5.02 Å². The van der Waals surface area contributed by atoms with Crippen LogP contribution in [0, 0.1) is 12.8 Å². The van der Waals surface area contributed by atoms with Crippen molar-refractivity contribution in [3.05, 3.63) is 28.8 Å². The van der Waals surface area contributed by atoms with Gasteiger partial charge in [0.2, 0.25) is 10.0 Å². The van der Waals surface area contributed by atoms with Gasteiger partial charge in [0.1, 0.15) is 6.04 Å². The van der Waals surface area contributed by atoms with Crippen LogP contribution in [0.15, 0.2) is 23.1 Å². The van der Waals surface area contributed by atoms with E-state index < -0.39 is 22.0 Å². The second kappa shape index (κ2) is 6.56. The van der Waals surface area contributed by atoms with E-state index in [1.807, 2.05) is 13.8 Å². The average Bonchev–Trinajstić information content (AvgIpc) is 2.30. The van der Waals surface area contributed by atoms with Gasteiger partial charge in [-0.2, -0.15) is 4.72 Å². The molecule has 2 N–H and O–H groups in total. The third-order valence-electron chi connectivity index (χ3n) is 2.76. The lowest BCUT2D eigenvalue weighted by molar-refractivity contribution is -0.139. The van der Waals surface area contributed by atoms with Crippen molar-refractivity contribution < 1.29 is 18.3 Å². The van der Waals surface area contributed by atoms with Gasteiger partial charge in [-0.05, 0) is 37.0 Å². The maximum Gasteiger partial charge on any atom is 0.321 e. The number of hydrogen-bond donors (Lipinski definition) is 2. The first-order valence-corrected chi connectivity index (χ1v) is 8.01. The number of sulfonamides is 1. The van der Waals surface area contributed by atoms with Gasteiger partial charge in [-0.15, -0.1) is 0 Å². The first-order chi connectivity index (χ1) is 9.13. The number of halogens is 1. The van der Waals surface area contributed by atoms with Crippen LogP contribution >= 0.6 is 11.6 Å². The monoisotopic (exact) mass is 319 g/mol. The number of benzene rings is 1. The highest BCUT2D eigenvalue weighted by Gasteiger charge is 2.26. The summed E-state index contributed by atoms with van der Waals surface area (Å²) in [6.07, 6.45) is 0.216. The molecule has 0 aliphatic carbocycles. The molecule has 1 aromatic rings. The van der Waals surface area contributed by atoms with E-state index in [1.54, 1.807) is 13.0 Å². The third-order valence-corrected chi connectivity index (χ3v) is 4.63. The molecule has 0 aromatic heterocycles. The molecule has 0 bridgehead atoms. The van der Waals surface area contributed by atoms with Crippen molar-refractivity contribution in [1.29, 1.82) is 0 Å². The Hall–Kier alpha value is -1.11. The highest BCUT2D eigenvalue weighted by Crippen LogP contribution is 2.20. The van der Waals surface area contributed by atoms with Crippen molar-refractivity contribution in [2.24, 2.45) is 5.92 Å². The second-order valence-corrected chi connectivity index (χ2v) is 7.17. The molecule has 0 saturated heterocycles. The zero-order chi connectivity index (χ0) is 15.5. The van der Waals surface area contributed by atoms with Crippen molar-refractivity contribution >= 4 is 27.6 Å². The van der Waals surface area contributed by atoms with E-state index in [-0.39, 0.29) is 17.2 Å². The first-order valence-electron chi connectivity index (χ1n) is 6.14. The molecule has 0 aliphatic heterocycles. The minimum Gasteiger partial charge on any atom is -0.480 e. The van der Waals surface area contributed by atoms with E-state index in [2.05, 4.69) is 4.72 Å². The highest BCUT2D eigenvalue weighted by atomic mass is 35.5. The molecule has 1 aromatic carbocycles. The summed E-state index contributed by atoms with van der Waals surface area (Å²) < 4.78 is 26.5. The summed E-state index contributed by atoms with van der Waals surface area (Å²) in [6.45, 7) is 5.41. The van der Waals surface area contributed by atoms with Crippen LogP contribution in [0.25, 0.3) is 0 Å². The lowest BCUT2D eigenvalue weighted by Crippen LogP contribution is -2.41. The van der Waals surface area contributed by atoms with Gasteiger partial charge < -0.3 is 5.11 Å². The Morgan fingerprint density at radius 1 is 1.40 bits per heavy atom. The van der Waals surface area contributed by atoms with E-state index >= 15 is 0 Å². The maximum atomic E-state index is 12.2. The summed E-state index contributed by atoms with van der Waals surface area (Å²) in [5.74, 6) is -1.14. The van der Waals surface area contributed by atoms with Crippen LogP contribution in [0.4, 0.5) is 0 Å². The smallest absolute Gasteiger partial charge is 0.321 e. The largest absolute Gasteiger partial charge is 0.480 e. The number of rotatable bonds is 6. The number of aliphatic carboxylic acids is 1. The van der Waals surface area contributed by atoms with E-state index in [0.717, 1.165) is 5.56 Å². The Kier molecular flexibility index (Phi) is 5.56. The Morgan fingerprint density at radius 3 is 2.45 bits per heavy atom. The molecule has 112 valence electrons. The minimum absolute atomic E-state index is 0.0388. The van der Waals surface area contributed by atoms with Gasteiger partial charge in [0, 0.05) is 5.02 Å². The van der Waals surface area contributed by atoms with Crippen LogP contribution in [0.5, 0.6) is 0 Å². The summed E-state index contributed by atoms with van der Waals surface area (Å²) in [6, 6.07) is 3.14. The number of carboxylic acids is 1. The molecule has 0 aliphatic rings. The predicted molar refractivity (Wildman–Crippen MR) is 77.4 cm³/mol. The molecular formula is C13H18ClNO4S. The molecule has 0 fully saturated rings. The Balaban J connectivity index is 3.03. The average molecular weight is 320 g/mol. The molecule has 0 spiro atoms. The predicted octanol–water partition coefficient (Wildman–Crippen LogP) is 2.43. The minimum atomic E-state index is -3.90. The van der Waals surface area contributed by atoms with Gasteiger partial charge >= 0.3 is 5.97 Å². The molecule has 0 amide bonds. The Labute approximate surface area is 124 Å². The number of carbonyl (C=O) groups is 1. The molecule has 1 rings (SSSR count). The zero-order valence-corrected chi connectivity index (χ0v) is 13.1. The molecule has 7 heteroatoms. The number of carboxylic acid groups (broad SMARTS) is 1. The normalized spacial score (nSPS) is 13.4. The van der Waals surface area contributed by atoms with Crippen LogP contribution in [0.3, 0.4) is 0 Å². The molecule has 0 saturated carbocycles. The van der Waals surface area contributed by atoms with Crippen molar-refractivity contribution in [2.75, 3.05) is 0 Å². The van der Waals surface area contributed by atoms with Crippen molar-refractivity contribution in [2.45, 2.75) is 38.1 Å². The fourth-order valence-corrected chi connectivity index (χ4v) is 3.14. The summed E-state index contributed by atoms with van der Waals surface area (Å²) in [4.78, 5) is 11.1. The summed E-state index contributed by atoms with van der Waals surface area (Å²) >= 11 is 5.89. The SMILES string of the molecule is Cc1ccc(S(=O)(=O)N[C@@H](CC(C)C)C(=O)O)cc1Cl. The first kappa shape index (κ1) is 16.9. The second-order valence-electron chi connectivity index (χ2n) is 5.05. The van der Waals surface area contributed by atoms with Gasteiger partial charge in [0.05, 0.1) is 4.90 Å². The molecule has 0 heterocycles. The van der Waals surface area contributed by atoms with E-state index in [1.165, 1.54) is 12.1 Å². The summed E-state index contributed by atoms with van der Waals surface area (Å²) in [7, 11) is -3.90. The lowest BCUT2D eigenvalue weighted by atomic mass is 10.1. The zero-order valence-electron chi connectivity index (χ0n) is 11.6. The van der Waals surface area contributed by atoms with Crippen LogP contribution < -0.4 is 4.72 Å². The van der Waals surface area contributed by atoms with Crippen LogP contribution in [-0.4, -0.2) is 25.5 Å². The quantitative estimate of drug-likeness (QED) is 0.843. The molecule has 0 radical (unpaired) electrons. The van der Waals surface area contributed by atoms with Crippen LogP contribution in [0.1, 0.15) is 25.8 Å². The van der Waals surface area contributed by atoms with Crippen LogP contribution in [-0.2, 0) is 14.8 Å². The van der Waals surface area contributed by atoms with Crippen molar-refractivity contribution in [3.63, 3.8) is 0 Å². The third kappa shape index (κ3) is 4.47. The van der Waals surface area contributed by atoms with E-state index in [0.29, 0.717) is 5.02 Å². The Morgan fingerprint density at radius 2 is 2.00 bits per heavy atom. The molecule has 20 heavy (non-hydrogen) atoms. The molecule has 5 nitrogen and oxygen atoms in total. The Bertz CT molecular complexity index is 598. The van der Waals surface area contributed by atoms with Gasteiger partial charge in [-0.3, -0.25) is 4.79 Å². The van der Waals surface area contributed by atoms with Crippen molar-refractivity contribution in [1.82, 2.24) is 4.72 Å². The molecule has 0 unspecified atom stereocenters. The standard InChI is InChI=1S/C13H18ClNO4S/c1-8(2)6-12(13(16)17)15-20(18,19)10-5-4-9(3)11(14)7-10/h4-5,7-8,12,15H,6H2,1-3H3,(H,16,17)/t12-/m0/s1. The van der Waals surface area contributed by atoms with Gasteiger partial charge in [0.15, 0.2) is 0 Å². The van der Waals surface area contributed by atoms with Gasteiger partial charge in [-0.1, -0.05) is 31.5 Å². The number of aryl methyl sites for hydroxylation is 1. The summed E-state index contributed by atoms with van der Waals surface area (Å²) in [5.41, 5.74) is 0.752. The highest BCUT2D eigenvalue weighted by molar-refractivity contribution is 7.89. The number of nitrogens with one attached hydrogen (secondary N) is 1. The fraction of sp³-hybridized carbons (Fsp3) is 0.462. The summed E-state index contributed by atoms with van der Waals surface area (Å²) in [5, 5.41) is 9.40. The van der Waals surface area contributed by atoms with Crippen molar-refractivity contribution in [3.8, 4) is 0 Å². The fourth-order valence-electron chi connectivity index (χ4n) is 1.67. The topological polar surface area (TPSA) is 83.5 Å². The maximum absolute atomic E-state index is 12.2. The van der Waals surface area contributed by atoms with Gasteiger partial charge in [0.25, 0.3) is 0 Å². The molecule has 1 atom stereocenters. The lowest BCUT2D eigenvalue weighted by Gasteiger charge is -2.16. The van der Waals surface area contributed by atoms with Gasteiger partial charge in [-0.25, -0.2) is 8.42 Å². The van der Waals surface area contributed by atoms with E-state index in [9.17, 15) is 13.2 Å². The van der Waals surface area contributed by atoms with E-state index in [4.69, 9.17) is 16.7 Å². The number of hydrogen-bond acceptors (Lipinski definition) is 3. The molecular weight excluding hydrogens is 302 g/mol.